The van der Waals surface area contributed by atoms with E-state index in [-0.39, 0.29) is 0 Å². The van der Waals surface area contributed by atoms with Crippen LogP contribution in [-0.4, -0.2) is 5.16 Å². The van der Waals surface area contributed by atoms with Gasteiger partial charge in [0.15, 0.2) is 5.82 Å². The number of hydrogen-bond donors (Lipinski definition) is 1. The van der Waals surface area contributed by atoms with Crippen molar-refractivity contribution in [2.45, 2.75) is 51.9 Å². The van der Waals surface area contributed by atoms with E-state index in [1.807, 2.05) is 0 Å². The smallest absolute Gasteiger partial charge is 0.170 e. The van der Waals surface area contributed by atoms with Crippen molar-refractivity contribution in [3.8, 4) is 0 Å². The Hall–Kier alpha value is -0.990. The number of nitrogens with two attached hydrogens (primary N) is 1. The highest BCUT2D eigenvalue weighted by Gasteiger charge is 2.40. The van der Waals surface area contributed by atoms with E-state index < -0.39 is 0 Å². The minimum Gasteiger partial charge on any atom is -0.381 e. The fourth-order valence-corrected chi connectivity index (χ4v) is 3.90. The Bertz CT molecular complexity index is 399. The molecule has 0 amide bonds. The molecule has 3 nitrogen and oxygen atoms in total. The van der Waals surface area contributed by atoms with Gasteiger partial charge in [0.2, 0.25) is 0 Å². The first-order valence-electron chi connectivity index (χ1n) is 7.00. The summed E-state index contributed by atoms with van der Waals surface area (Å²) in [4.78, 5) is 0. The molecule has 0 aromatic carbocycles. The SMILES string of the molecule is CCCc1c(N)noc1CC1CC2CCC1C2. The van der Waals surface area contributed by atoms with E-state index in [2.05, 4.69) is 12.1 Å². The molecule has 3 heteroatoms. The van der Waals surface area contributed by atoms with Crippen molar-refractivity contribution in [3.05, 3.63) is 11.3 Å². The zero-order valence-electron chi connectivity index (χ0n) is 10.6. The number of fused-ring (bicyclic) bond motifs is 2. The van der Waals surface area contributed by atoms with Gasteiger partial charge in [-0.2, -0.15) is 0 Å². The quantitative estimate of drug-likeness (QED) is 0.870. The van der Waals surface area contributed by atoms with Crippen LogP contribution in [0.5, 0.6) is 0 Å². The molecular weight excluding hydrogens is 212 g/mol. The van der Waals surface area contributed by atoms with Crippen molar-refractivity contribution in [2.75, 3.05) is 5.73 Å². The third-order valence-electron chi connectivity index (χ3n) is 4.73. The Kier molecular flexibility index (Phi) is 2.85. The summed E-state index contributed by atoms with van der Waals surface area (Å²) in [5.41, 5.74) is 7.05. The zero-order valence-corrected chi connectivity index (χ0v) is 10.6. The van der Waals surface area contributed by atoms with E-state index in [0.29, 0.717) is 5.82 Å². The highest BCUT2D eigenvalue weighted by atomic mass is 16.5. The third-order valence-corrected chi connectivity index (χ3v) is 4.73. The number of anilines is 1. The Balaban J connectivity index is 1.72. The van der Waals surface area contributed by atoms with Gasteiger partial charge in [-0.3, -0.25) is 0 Å². The van der Waals surface area contributed by atoms with Crippen LogP contribution in [0.25, 0.3) is 0 Å². The summed E-state index contributed by atoms with van der Waals surface area (Å²) in [6.07, 6.45) is 8.93. The van der Waals surface area contributed by atoms with Crippen LogP contribution in [0.2, 0.25) is 0 Å². The molecule has 1 heterocycles. The zero-order chi connectivity index (χ0) is 11.8. The van der Waals surface area contributed by atoms with Crippen LogP contribution in [0, 0.1) is 17.8 Å². The van der Waals surface area contributed by atoms with E-state index in [1.54, 1.807) is 0 Å². The molecule has 3 rings (SSSR count). The minimum absolute atomic E-state index is 0.616. The molecule has 0 spiro atoms. The average molecular weight is 234 g/mol. The molecule has 1 aromatic heterocycles. The molecule has 2 fully saturated rings. The number of nitrogen functional groups attached to an aromatic ring is 1. The van der Waals surface area contributed by atoms with Gasteiger partial charge in [-0.15, -0.1) is 0 Å². The van der Waals surface area contributed by atoms with Crippen molar-refractivity contribution < 1.29 is 4.52 Å². The second-order valence-corrected chi connectivity index (χ2v) is 5.86. The number of nitrogens with zero attached hydrogens (tertiary/aromatic N) is 1. The third kappa shape index (κ3) is 1.96. The molecule has 2 N–H and O–H groups in total. The topological polar surface area (TPSA) is 52.0 Å². The molecule has 0 radical (unpaired) electrons. The highest BCUT2D eigenvalue weighted by Crippen LogP contribution is 2.49. The second-order valence-electron chi connectivity index (χ2n) is 5.86. The van der Waals surface area contributed by atoms with Crippen molar-refractivity contribution in [1.29, 1.82) is 0 Å². The van der Waals surface area contributed by atoms with Crippen LogP contribution in [-0.2, 0) is 12.8 Å². The molecule has 3 atom stereocenters. The van der Waals surface area contributed by atoms with Crippen LogP contribution >= 0.6 is 0 Å². The summed E-state index contributed by atoms with van der Waals surface area (Å²) in [6, 6.07) is 0. The largest absolute Gasteiger partial charge is 0.381 e. The van der Waals surface area contributed by atoms with Gasteiger partial charge < -0.3 is 10.3 Å². The summed E-state index contributed by atoms with van der Waals surface area (Å²) in [5.74, 6) is 4.46. The molecule has 2 aliphatic carbocycles. The van der Waals surface area contributed by atoms with Crippen molar-refractivity contribution >= 4 is 5.82 Å². The molecule has 0 saturated heterocycles. The average Bonchev–Trinajstić information content (AvgIpc) is 3.00. The predicted octanol–water partition coefficient (Wildman–Crippen LogP) is 3.19. The first-order valence-corrected chi connectivity index (χ1v) is 7.00. The standard InChI is InChI=1S/C14H22N2O/c1-2-3-12-13(17-16-14(12)15)8-11-7-9-4-5-10(11)6-9/h9-11H,2-8H2,1H3,(H2,15,16). The second kappa shape index (κ2) is 4.35. The van der Waals surface area contributed by atoms with Gasteiger partial charge in [0.25, 0.3) is 0 Å². The summed E-state index contributed by atoms with van der Waals surface area (Å²) < 4.78 is 5.44. The highest BCUT2D eigenvalue weighted by molar-refractivity contribution is 5.40. The van der Waals surface area contributed by atoms with Gasteiger partial charge in [0, 0.05) is 12.0 Å². The lowest BCUT2D eigenvalue weighted by atomic mass is 9.85. The van der Waals surface area contributed by atoms with Crippen molar-refractivity contribution in [1.82, 2.24) is 5.16 Å². The van der Waals surface area contributed by atoms with E-state index in [9.17, 15) is 0 Å². The van der Waals surface area contributed by atoms with E-state index in [4.69, 9.17) is 10.3 Å². The maximum absolute atomic E-state index is 5.87. The lowest BCUT2D eigenvalue weighted by molar-refractivity contribution is 0.292. The fraction of sp³-hybridized carbons (Fsp3) is 0.786. The first kappa shape index (κ1) is 11.1. The van der Waals surface area contributed by atoms with Gasteiger partial charge in [-0.05, 0) is 43.4 Å². The van der Waals surface area contributed by atoms with E-state index in [0.717, 1.165) is 42.8 Å². The Morgan fingerprint density at radius 3 is 2.88 bits per heavy atom. The lowest BCUT2D eigenvalue weighted by Crippen LogP contribution is -2.13. The monoisotopic (exact) mass is 234 g/mol. The molecule has 0 aliphatic heterocycles. The maximum Gasteiger partial charge on any atom is 0.170 e. The summed E-state index contributed by atoms with van der Waals surface area (Å²) >= 11 is 0. The van der Waals surface area contributed by atoms with Crippen LogP contribution in [0.1, 0.15) is 50.4 Å². The number of rotatable bonds is 4. The van der Waals surface area contributed by atoms with Crippen LogP contribution in [0.4, 0.5) is 5.82 Å². The lowest BCUT2D eigenvalue weighted by Gasteiger charge is -2.20. The molecular formula is C14H22N2O. The van der Waals surface area contributed by atoms with Gasteiger partial charge in [-0.1, -0.05) is 24.9 Å². The molecule has 1 aromatic rings. The first-order chi connectivity index (χ1) is 8.28. The summed E-state index contributed by atoms with van der Waals surface area (Å²) in [5, 5.41) is 3.94. The number of hydrogen-bond acceptors (Lipinski definition) is 3. The maximum atomic E-state index is 5.87. The van der Waals surface area contributed by atoms with Gasteiger partial charge in [0.05, 0.1) is 0 Å². The van der Waals surface area contributed by atoms with E-state index >= 15 is 0 Å². The molecule has 2 aliphatic rings. The summed E-state index contributed by atoms with van der Waals surface area (Å²) in [7, 11) is 0. The molecule has 3 unspecified atom stereocenters. The fourth-order valence-electron chi connectivity index (χ4n) is 3.90. The van der Waals surface area contributed by atoms with Crippen LogP contribution in [0.15, 0.2) is 4.52 Å². The van der Waals surface area contributed by atoms with E-state index in [1.165, 1.54) is 31.2 Å². The molecule has 2 bridgehead atoms. The Morgan fingerprint density at radius 1 is 1.35 bits per heavy atom. The van der Waals surface area contributed by atoms with Gasteiger partial charge >= 0.3 is 0 Å². The van der Waals surface area contributed by atoms with Crippen molar-refractivity contribution in [3.63, 3.8) is 0 Å². The van der Waals surface area contributed by atoms with Gasteiger partial charge in [-0.25, -0.2) is 0 Å². The predicted molar refractivity (Wildman–Crippen MR) is 67.6 cm³/mol. The molecule has 17 heavy (non-hydrogen) atoms. The Labute approximate surface area is 103 Å². The number of aromatic nitrogens is 1. The normalized spacial score (nSPS) is 31.2. The van der Waals surface area contributed by atoms with Crippen LogP contribution in [0.3, 0.4) is 0 Å². The van der Waals surface area contributed by atoms with Crippen LogP contribution < -0.4 is 5.73 Å². The minimum atomic E-state index is 0.616. The Morgan fingerprint density at radius 2 is 2.24 bits per heavy atom. The molecule has 94 valence electrons. The van der Waals surface area contributed by atoms with Gasteiger partial charge in [0.1, 0.15) is 5.76 Å². The summed E-state index contributed by atoms with van der Waals surface area (Å²) in [6.45, 7) is 2.17. The van der Waals surface area contributed by atoms with Crippen molar-refractivity contribution in [2.24, 2.45) is 17.8 Å². The molecule has 2 saturated carbocycles.